The largest absolute Gasteiger partial charge is 0.496 e. The molecule has 2 rings (SSSR count). The molecule has 2 unspecified atom stereocenters. The minimum atomic E-state index is -0.509. The van der Waals surface area contributed by atoms with Crippen LogP contribution in [0.5, 0.6) is 5.75 Å². The van der Waals surface area contributed by atoms with E-state index in [2.05, 4.69) is 0 Å². The van der Waals surface area contributed by atoms with Gasteiger partial charge in [-0.2, -0.15) is 0 Å². The Bertz CT molecular complexity index is 538. The molecular formula is C18H27NO4. The number of hydrogen-bond donors (Lipinski definition) is 1. The zero-order valence-electron chi connectivity index (χ0n) is 14.4. The molecule has 1 saturated heterocycles. The van der Waals surface area contributed by atoms with Crippen molar-refractivity contribution in [2.75, 3.05) is 20.2 Å². The van der Waals surface area contributed by atoms with E-state index in [1.807, 2.05) is 45.0 Å². The number of piperidine rings is 1. The van der Waals surface area contributed by atoms with Gasteiger partial charge in [0.05, 0.1) is 13.2 Å². The second-order valence-corrected chi connectivity index (χ2v) is 7.06. The van der Waals surface area contributed by atoms with Crippen LogP contribution >= 0.6 is 0 Å². The standard InChI is InChI=1S/C18H27NO4/c1-18(2,3)23-17(21)19-10-9-15(20)14(12-19)11-13-7-5-6-8-16(13)22-4/h5-8,14-15,20H,9-12H2,1-4H3. The molecule has 0 aromatic heterocycles. The van der Waals surface area contributed by atoms with E-state index < -0.39 is 11.7 Å². The Morgan fingerprint density at radius 3 is 2.70 bits per heavy atom. The first kappa shape index (κ1) is 17.6. The Morgan fingerprint density at radius 1 is 1.35 bits per heavy atom. The highest BCUT2D eigenvalue weighted by Gasteiger charge is 2.33. The van der Waals surface area contributed by atoms with E-state index in [0.717, 1.165) is 11.3 Å². The van der Waals surface area contributed by atoms with Crippen molar-refractivity contribution in [2.24, 2.45) is 5.92 Å². The van der Waals surface area contributed by atoms with Crippen LogP contribution in [0.25, 0.3) is 0 Å². The second kappa shape index (κ2) is 7.21. The van der Waals surface area contributed by atoms with Gasteiger partial charge >= 0.3 is 6.09 Å². The Kier molecular flexibility index (Phi) is 5.52. The van der Waals surface area contributed by atoms with Crippen molar-refractivity contribution in [3.05, 3.63) is 29.8 Å². The predicted molar refractivity (Wildman–Crippen MR) is 88.6 cm³/mol. The first-order valence-corrected chi connectivity index (χ1v) is 8.08. The van der Waals surface area contributed by atoms with Gasteiger partial charge in [0.1, 0.15) is 11.4 Å². The topological polar surface area (TPSA) is 59.0 Å². The number of para-hydroxylation sites is 1. The number of aliphatic hydroxyl groups is 1. The van der Waals surface area contributed by atoms with E-state index in [1.54, 1.807) is 12.0 Å². The molecule has 2 atom stereocenters. The summed E-state index contributed by atoms with van der Waals surface area (Å²) in [7, 11) is 1.64. The van der Waals surface area contributed by atoms with Crippen molar-refractivity contribution in [1.29, 1.82) is 0 Å². The van der Waals surface area contributed by atoms with Gasteiger partial charge in [-0.25, -0.2) is 4.79 Å². The molecule has 1 heterocycles. The average Bonchev–Trinajstić information content (AvgIpc) is 2.48. The number of hydrogen-bond acceptors (Lipinski definition) is 4. The lowest BCUT2D eigenvalue weighted by Crippen LogP contribution is -2.48. The molecule has 0 saturated carbocycles. The van der Waals surface area contributed by atoms with E-state index in [9.17, 15) is 9.90 Å². The third kappa shape index (κ3) is 4.86. The van der Waals surface area contributed by atoms with E-state index >= 15 is 0 Å². The van der Waals surface area contributed by atoms with Crippen LogP contribution in [-0.4, -0.2) is 48.0 Å². The molecule has 0 aliphatic carbocycles. The second-order valence-electron chi connectivity index (χ2n) is 7.06. The van der Waals surface area contributed by atoms with Gasteiger partial charge in [0.15, 0.2) is 0 Å². The summed E-state index contributed by atoms with van der Waals surface area (Å²) in [6, 6.07) is 7.79. The fourth-order valence-corrected chi connectivity index (χ4v) is 2.87. The van der Waals surface area contributed by atoms with Crippen molar-refractivity contribution in [2.45, 2.75) is 45.3 Å². The van der Waals surface area contributed by atoms with Crippen LogP contribution in [0.15, 0.2) is 24.3 Å². The molecule has 5 nitrogen and oxygen atoms in total. The highest BCUT2D eigenvalue weighted by atomic mass is 16.6. The third-order valence-electron chi connectivity index (χ3n) is 4.02. The number of methoxy groups -OCH3 is 1. The third-order valence-corrected chi connectivity index (χ3v) is 4.02. The lowest BCUT2D eigenvalue weighted by Gasteiger charge is -2.37. The van der Waals surface area contributed by atoms with Crippen LogP contribution in [0.1, 0.15) is 32.8 Å². The zero-order chi connectivity index (χ0) is 17.0. The number of ether oxygens (including phenoxy) is 2. The smallest absolute Gasteiger partial charge is 0.410 e. The van der Waals surface area contributed by atoms with E-state index in [0.29, 0.717) is 25.9 Å². The van der Waals surface area contributed by atoms with E-state index in [-0.39, 0.29) is 12.0 Å². The Labute approximate surface area is 138 Å². The Morgan fingerprint density at radius 2 is 2.04 bits per heavy atom. The number of carbonyl (C=O) groups excluding carboxylic acids is 1. The Balaban J connectivity index is 2.05. The molecule has 0 spiro atoms. The highest BCUT2D eigenvalue weighted by Crippen LogP contribution is 2.27. The van der Waals surface area contributed by atoms with Gasteiger partial charge in [0.25, 0.3) is 0 Å². The molecule has 1 aliphatic rings. The van der Waals surface area contributed by atoms with Gasteiger partial charge in [-0.15, -0.1) is 0 Å². The zero-order valence-corrected chi connectivity index (χ0v) is 14.4. The van der Waals surface area contributed by atoms with Crippen LogP contribution < -0.4 is 4.74 Å². The maximum atomic E-state index is 12.2. The van der Waals surface area contributed by atoms with Crippen molar-refractivity contribution in [1.82, 2.24) is 4.90 Å². The van der Waals surface area contributed by atoms with Gasteiger partial charge < -0.3 is 19.5 Å². The van der Waals surface area contributed by atoms with Crippen molar-refractivity contribution in [3.63, 3.8) is 0 Å². The van der Waals surface area contributed by atoms with E-state index in [4.69, 9.17) is 9.47 Å². The first-order valence-electron chi connectivity index (χ1n) is 8.08. The van der Waals surface area contributed by atoms with Crippen LogP contribution in [0.2, 0.25) is 0 Å². The number of benzene rings is 1. The maximum Gasteiger partial charge on any atom is 0.410 e. The van der Waals surface area contributed by atoms with Gasteiger partial charge in [0, 0.05) is 19.0 Å². The van der Waals surface area contributed by atoms with Crippen molar-refractivity contribution < 1.29 is 19.4 Å². The summed E-state index contributed by atoms with van der Waals surface area (Å²) in [6.07, 6.45) is 0.511. The summed E-state index contributed by atoms with van der Waals surface area (Å²) in [5.41, 5.74) is 0.538. The van der Waals surface area contributed by atoms with Gasteiger partial charge in [0.2, 0.25) is 0 Å². The van der Waals surface area contributed by atoms with Gasteiger partial charge in [-0.1, -0.05) is 18.2 Å². The summed E-state index contributed by atoms with van der Waals surface area (Å²) in [4.78, 5) is 13.9. The molecule has 1 N–H and O–H groups in total. The SMILES string of the molecule is COc1ccccc1CC1CN(C(=O)OC(C)(C)C)CCC1O. The summed E-state index contributed by atoms with van der Waals surface area (Å²) in [5.74, 6) is 0.793. The summed E-state index contributed by atoms with van der Waals surface area (Å²) < 4.78 is 10.8. The quantitative estimate of drug-likeness (QED) is 0.930. The number of carbonyl (C=O) groups is 1. The monoisotopic (exact) mass is 321 g/mol. The van der Waals surface area contributed by atoms with Crippen LogP contribution in [-0.2, 0) is 11.2 Å². The lowest BCUT2D eigenvalue weighted by atomic mass is 9.88. The number of rotatable bonds is 3. The summed E-state index contributed by atoms with van der Waals surface area (Å²) in [6.45, 7) is 6.59. The minimum Gasteiger partial charge on any atom is -0.496 e. The highest BCUT2D eigenvalue weighted by molar-refractivity contribution is 5.68. The molecule has 128 valence electrons. The molecule has 1 aliphatic heterocycles. The van der Waals surface area contributed by atoms with Crippen LogP contribution in [0.3, 0.4) is 0 Å². The minimum absolute atomic E-state index is 0.0208. The fraction of sp³-hybridized carbons (Fsp3) is 0.611. The van der Waals surface area contributed by atoms with Crippen LogP contribution in [0, 0.1) is 5.92 Å². The molecule has 1 fully saturated rings. The molecule has 1 amide bonds. The molecule has 1 aromatic carbocycles. The summed E-state index contributed by atoms with van der Waals surface area (Å²) in [5, 5.41) is 10.3. The molecule has 1 aromatic rings. The number of likely N-dealkylation sites (tertiary alicyclic amines) is 1. The number of aliphatic hydroxyl groups excluding tert-OH is 1. The number of amides is 1. The molecule has 5 heteroatoms. The lowest BCUT2D eigenvalue weighted by molar-refractivity contribution is -0.00830. The first-order chi connectivity index (χ1) is 10.8. The van der Waals surface area contributed by atoms with Gasteiger partial charge in [-0.05, 0) is 45.2 Å². The van der Waals surface area contributed by atoms with Crippen LogP contribution in [0.4, 0.5) is 4.79 Å². The van der Waals surface area contributed by atoms with E-state index in [1.165, 1.54) is 0 Å². The van der Waals surface area contributed by atoms with Crippen molar-refractivity contribution in [3.8, 4) is 5.75 Å². The van der Waals surface area contributed by atoms with Gasteiger partial charge in [-0.3, -0.25) is 0 Å². The fourth-order valence-electron chi connectivity index (χ4n) is 2.87. The average molecular weight is 321 g/mol. The normalized spacial score (nSPS) is 21.9. The van der Waals surface area contributed by atoms with Crippen molar-refractivity contribution >= 4 is 6.09 Å². The molecule has 23 heavy (non-hydrogen) atoms. The molecular weight excluding hydrogens is 294 g/mol. The maximum absolute atomic E-state index is 12.2. The Hall–Kier alpha value is -1.75. The molecule has 0 bridgehead atoms. The summed E-state index contributed by atoms with van der Waals surface area (Å²) >= 11 is 0. The molecule has 0 radical (unpaired) electrons. The predicted octanol–water partition coefficient (Wildman–Crippen LogP) is 2.86. The number of nitrogens with zero attached hydrogens (tertiary/aromatic N) is 1.